The number of hydrogen-bond donors (Lipinski definition) is 0. The number of hydrogen-bond acceptors (Lipinski definition) is 3. The number of carbonyl (C=O) groups excluding carboxylic acids is 2. The van der Waals surface area contributed by atoms with Crippen LogP contribution in [0.4, 0.5) is 0 Å². The molecule has 0 aromatic heterocycles. The molecule has 0 spiro atoms. The molecule has 0 aromatic carbocycles. The molecule has 0 aromatic rings. The highest BCUT2D eigenvalue weighted by Crippen LogP contribution is 2.47. The molecule has 0 rings (SSSR count). The minimum Gasteiger partial charge on any atom is -0.469 e. The molecular weight excluding hydrogens is 308 g/mol. The van der Waals surface area contributed by atoms with Gasteiger partial charge in [-0.2, -0.15) is 0 Å². The van der Waals surface area contributed by atoms with E-state index in [4.69, 9.17) is 4.74 Å². The molecule has 0 aliphatic carbocycles. The van der Waals surface area contributed by atoms with Gasteiger partial charge in [-0.1, -0.05) is 43.6 Å². The number of Topliss-reactive ketones (excluding diaryl/α,β-unsaturated/α-hetero) is 1. The molecule has 4 heteroatoms. The van der Waals surface area contributed by atoms with Crippen LogP contribution in [-0.2, 0) is 14.3 Å². The van der Waals surface area contributed by atoms with E-state index >= 15 is 0 Å². The number of halogens is 1. The van der Waals surface area contributed by atoms with Crippen LogP contribution in [0.25, 0.3) is 0 Å². The molecule has 0 amide bonds. The van der Waals surface area contributed by atoms with Crippen molar-refractivity contribution < 1.29 is 14.3 Å². The van der Waals surface area contributed by atoms with E-state index in [1.807, 2.05) is 41.5 Å². The van der Waals surface area contributed by atoms with Crippen molar-refractivity contribution in [1.82, 2.24) is 0 Å². The third kappa shape index (κ3) is 4.30. The molecule has 0 N–H and O–H groups in total. The Morgan fingerprint density at radius 2 is 1.53 bits per heavy atom. The van der Waals surface area contributed by atoms with Gasteiger partial charge in [0.2, 0.25) is 0 Å². The zero-order valence-electron chi connectivity index (χ0n) is 13.4. The Kier molecular flexibility index (Phi) is 5.82. The first-order valence-electron chi connectivity index (χ1n) is 6.55. The van der Waals surface area contributed by atoms with Gasteiger partial charge in [0.15, 0.2) is 0 Å². The molecule has 19 heavy (non-hydrogen) atoms. The van der Waals surface area contributed by atoms with Gasteiger partial charge in [0.25, 0.3) is 0 Å². The highest BCUT2D eigenvalue weighted by molar-refractivity contribution is 9.10. The zero-order valence-corrected chi connectivity index (χ0v) is 15.0. The topological polar surface area (TPSA) is 43.4 Å². The molecule has 3 nitrogen and oxygen atoms in total. The van der Waals surface area contributed by atoms with Crippen LogP contribution >= 0.6 is 15.9 Å². The first-order valence-corrected chi connectivity index (χ1v) is 7.34. The Morgan fingerprint density at radius 1 is 1.11 bits per heavy atom. The fourth-order valence-corrected chi connectivity index (χ4v) is 2.34. The van der Waals surface area contributed by atoms with Crippen LogP contribution in [0.1, 0.15) is 54.9 Å². The number of esters is 1. The van der Waals surface area contributed by atoms with E-state index in [1.54, 1.807) is 6.92 Å². The monoisotopic (exact) mass is 334 g/mol. The lowest BCUT2D eigenvalue weighted by atomic mass is 9.61. The first kappa shape index (κ1) is 18.6. The van der Waals surface area contributed by atoms with E-state index in [9.17, 15) is 9.59 Å². The maximum atomic E-state index is 12.0. The second kappa shape index (κ2) is 5.94. The summed E-state index contributed by atoms with van der Waals surface area (Å²) in [7, 11) is 1.40. The summed E-state index contributed by atoms with van der Waals surface area (Å²) in [5, 5.41) is 0. The standard InChI is InChI=1S/C15H27BrO3/c1-10(17)14(4,5)13(2,3)9-11(12(18)19-8)15(6,7)16/h11H,9H2,1-8H3. The Morgan fingerprint density at radius 3 is 1.79 bits per heavy atom. The molecule has 112 valence electrons. The smallest absolute Gasteiger partial charge is 0.310 e. The van der Waals surface area contributed by atoms with Crippen LogP contribution in [0.5, 0.6) is 0 Å². The summed E-state index contributed by atoms with van der Waals surface area (Å²) in [6.07, 6.45) is 0.588. The Bertz CT molecular complexity index is 351. The van der Waals surface area contributed by atoms with Crippen molar-refractivity contribution in [2.75, 3.05) is 7.11 Å². The van der Waals surface area contributed by atoms with Crippen LogP contribution in [0, 0.1) is 16.7 Å². The molecule has 0 aliphatic rings. The van der Waals surface area contributed by atoms with E-state index in [-0.39, 0.29) is 27.4 Å². The summed E-state index contributed by atoms with van der Waals surface area (Å²) in [6.45, 7) is 13.4. The van der Waals surface area contributed by atoms with Gasteiger partial charge in [-0.25, -0.2) is 0 Å². The van der Waals surface area contributed by atoms with E-state index in [0.717, 1.165) is 0 Å². The normalized spacial score (nSPS) is 15.0. The van der Waals surface area contributed by atoms with Crippen molar-refractivity contribution in [3.63, 3.8) is 0 Å². The summed E-state index contributed by atoms with van der Waals surface area (Å²) < 4.78 is 4.53. The maximum Gasteiger partial charge on any atom is 0.310 e. The predicted octanol–water partition coefficient (Wildman–Crippen LogP) is 3.98. The third-order valence-electron chi connectivity index (χ3n) is 4.60. The zero-order chi connectivity index (χ0) is 15.6. The average Bonchev–Trinajstić information content (AvgIpc) is 2.22. The van der Waals surface area contributed by atoms with Crippen LogP contribution in [0.15, 0.2) is 0 Å². The van der Waals surface area contributed by atoms with E-state index in [0.29, 0.717) is 6.42 Å². The molecule has 1 atom stereocenters. The summed E-state index contributed by atoms with van der Waals surface area (Å²) >= 11 is 3.56. The van der Waals surface area contributed by atoms with Crippen LogP contribution < -0.4 is 0 Å². The molecule has 0 saturated carbocycles. The number of ether oxygens (including phenoxy) is 1. The van der Waals surface area contributed by atoms with E-state index < -0.39 is 5.41 Å². The highest BCUT2D eigenvalue weighted by Gasteiger charge is 2.46. The van der Waals surface area contributed by atoms with Crippen molar-refractivity contribution in [2.45, 2.75) is 59.2 Å². The summed E-state index contributed by atoms with van der Waals surface area (Å²) in [6, 6.07) is 0. The molecule has 0 saturated heterocycles. The van der Waals surface area contributed by atoms with Crippen LogP contribution in [0.3, 0.4) is 0 Å². The lowest BCUT2D eigenvalue weighted by Gasteiger charge is -2.43. The van der Waals surface area contributed by atoms with Crippen molar-refractivity contribution in [2.24, 2.45) is 16.7 Å². The average molecular weight is 335 g/mol. The third-order valence-corrected chi connectivity index (χ3v) is 5.15. The summed E-state index contributed by atoms with van der Waals surface area (Å²) in [5.41, 5.74) is -0.791. The lowest BCUT2D eigenvalue weighted by molar-refractivity contribution is -0.149. The lowest BCUT2D eigenvalue weighted by Crippen LogP contribution is -2.44. The molecule has 0 radical (unpaired) electrons. The van der Waals surface area contributed by atoms with Gasteiger partial charge in [0.05, 0.1) is 13.0 Å². The second-order valence-corrected chi connectivity index (χ2v) is 8.95. The van der Waals surface area contributed by atoms with Gasteiger partial charge in [0.1, 0.15) is 5.78 Å². The molecule has 0 fully saturated rings. The minimum absolute atomic E-state index is 0.133. The molecule has 1 unspecified atom stereocenters. The Labute approximate surface area is 125 Å². The summed E-state index contributed by atoms with van der Waals surface area (Å²) in [5.74, 6) is -0.408. The largest absolute Gasteiger partial charge is 0.469 e. The fraction of sp³-hybridized carbons (Fsp3) is 0.867. The molecule has 0 aliphatic heterocycles. The molecule has 0 bridgehead atoms. The van der Waals surface area contributed by atoms with Crippen molar-refractivity contribution in [1.29, 1.82) is 0 Å². The maximum absolute atomic E-state index is 12.0. The number of rotatable bonds is 6. The Balaban J connectivity index is 5.37. The number of methoxy groups -OCH3 is 1. The highest BCUT2D eigenvalue weighted by atomic mass is 79.9. The fourth-order valence-electron chi connectivity index (χ4n) is 1.99. The predicted molar refractivity (Wildman–Crippen MR) is 81.4 cm³/mol. The molecule has 0 heterocycles. The van der Waals surface area contributed by atoms with Gasteiger partial charge in [-0.3, -0.25) is 9.59 Å². The van der Waals surface area contributed by atoms with E-state index in [2.05, 4.69) is 15.9 Å². The van der Waals surface area contributed by atoms with E-state index in [1.165, 1.54) is 7.11 Å². The summed E-state index contributed by atoms with van der Waals surface area (Å²) in [4.78, 5) is 23.9. The minimum atomic E-state index is -0.489. The van der Waals surface area contributed by atoms with Gasteiger partial charge >= 0.3 is 5.97 Å². The number of alkyl halides is 1. The first-order chi connectivity index (χ1) is 8.27. The Hall–Kier alpha value is -0.380. The number of ketones is 1. The van der Waals surface area contributed by atoms with Gasteiger partial charge in [0, 0.05) is 9.74 Å². The van der Waals surface area contributed by atoms with Crippen LogP contribution in [-0.4, -0.2) is 23.2 Å². The SMILES string of the molecule is COC(=O)C(CC(C)(C)C(C)(C)C(C)=O)C(C)(C)Br. The van der Waals surface area contributed by atoms with Gasteiger partial charge < -0.3 is 4.74 Å². The second-order valence-electron chi connectivity index (χ2n) is 6.91. The van der Waals surface area contributed by atoms with Crippen molar-refractivity contribution in [3.8, 4) is 0 Å². The molecular formula is C15H27BrO3. The quantitative estimate of drug-likeness (QED) is 0.545. The van der Waals surface area contributed by atoms with Crippen molar-refractivity contribution >= 4 is 27.7 Å². The van der Waals surface area contributed by atoms with Crippen LogP contribution in [0.2, 0.25) is 0 Å². The van der Waals surface area contributed by atoms with Gasteiger partial charge in [-0.05, 0) is 32.6 Å². The van der Waals surface area contributed by atoms with Gasteiger partial charge in [-0.15, -0.1) is 0 Å². The van der Waals surface area contributed by atoms with Crippen molar-refractivity contribution in [3.05, 3.63) is 0 Å². The number of carbonyl (C=O) groups is 2.